The van der Waals surface area contributed by atoms with Crippen molar-refractivity contribution in [1.29, 1.82) is 0 Å². The molecule has 0 bridgehead atoms. The average Bonchev–Trinajstić information content (AvgIpc) is 3.39. The molecule has 1 aromatic carbocycles. The zero-order valence-electron chi connectivity index (χ0n) is 15.7. The third-order valence-electron chi connectivity index (χ3n) is 5.38. The molecule has 1 fully saturated rings. The Hall–Kier alpha value is -3.55. The Balaban J connectivity index is 1.19. The van der Waals surface area contributed by atoms with Gasteiger partial charge in [0.1, 0.15) is 11.3 Å². The summed E-state index contributed by atoms with van der Waals surface area (Å²) in [6.07, 6.45) is 4.85. The number of hydrogen-bond donors (Lipinski definition) is 1. The minimum absolute atomic E-state index is 0.0382. The highest BCUT2D eigenvalue weighted by Crippen LogP contribution is 2.34. The van der Waals surface area contributed by atoms with Crippen LogP contribution in [0.1, 0.15) is 23.3 Å². The van der Waals surface area contributed by atoms with Gasteiger partial charge in [-0.25, -0.2) is 4.98 Å². The first-order valence-corrected chi connectivity index (χ1v) is 9.61. The Bertz CT molecular complexity index is 1050. The highest BCUT2D eigenvalue weighted by Gasteiger charge is 2.29. The molecule has 2 aliphatic heterocycles. The Kier molecular flexibility index (Phi) is 4.31. The van der Waals surface area contributed by atoms with Crippen molar-refractivity contribution in [2.45, 2.75) is 12.8 Å². The topological polar surface area (TPSA) is 85.2 Å². The van der Waals surface area contributed by atoms with E-state index in [4.69, 9.17) is 9.47 Å². The first-order valence-electron chi connectivity index (χ1n) is 9.61. The number of ether oxygens (including phenoxy) is 2. The molecule has 0 spiro atoms. The van der Waals surface area contributed by atoms with Crippen LogP contribution in [-0.4, -0.2) is 46.0 Å². The van der Waals surface area contributed by atoms with Gasteiger partial charge in [-0.15, -0.1) is 0 Å². The summed E-state index contributed by atoms with van der Waals surface area (Å²) in [5, 5.41) is 2.94. The number of aromatic nitrogens is 2. The van der Waals surface area contributed by atoms with Crippen LogP contribution in [0.4, 0.5) is 5.69 Å². The lowest BCUT2D eigenvalue weighted by Crippen LogP contribution is -2.41. The number of imidazole rings is 1. The molecule has 8 heteroatoms. The number of hydrogen-bond acceptors (Lipinski definition) is 5. The van der Waals surface area contributed by atoms with E-state index in [2.05, 4.69) is 10.3 Å². The monoisotopic (exact) mass is 392 g/mol. The Morgan fingerprint density at radius 1 is 1.07 bits per heavy atom. The highest BCUT2D eigenvalue weighted by molar-refractivity contribution is 5.94. The predicted octanol–water partition coefficient (Wildman–Crippen LogP) is 2.55. The zero-order chi connectivity index (χ0) is 19.8. The summed E-state index contributed by atoms with van der Waals surface area (Å²) in [5.41, 5.74) is 1.86. The SMILES string of the molecule is O=C(Nc1ccc2c(c1)OCO2)C1CCN(C(=O)c2cn3ccccc3n2)CC1. The lowest BCUT2D eigenvalue weighted by atomic mass is 9.95. The highest BCUT2D eigenvalue weighted by atomic mass is 16.7. The molecule has 0 saturated carbocycles. The van der Waals surface area contributed by atoms with Gasteiger partial charge in [-0.3, -0.25) is 9.59 Å². The van der Waals surface area contributed by atoms with Gasteiger partial charge >= 0.3 is 0 Å². The number of carbonyl (C=O) groups is 2. The van der Waals surface area contributed by atoms with Gasteiger partial charge in [-0.2, -0.15) is 0 Å². The third kappa shape index (κ3) is 3.37. The average molecular weight is 392 g/mol. The smallest absolute Gasteiger partial charge is 0.274 e. The Morgan fingerprint density at radius 3 is 2.72 bits per heavy atom. The van der Waals surface area contributed by atoms with Crippen LogP contribution in [0.15, 0.2) is 48.8 Å². The van der Waals surface area contributed by atoms with E-state index in [9.17, 15) is 9.59 Å². The van der Waals surface area contributed by atoms with Gasteiger partial charge in [0.05, 0.1) is 0 Å². The standard InChI is InChI=1S/C21H20N4O4/c26-20(22-15-4-5-17-18(11-15)29-13-28-17)14-6-9-24(10-7-14)21(27)16-12-25-8-2-1-3-19(25)23-16/h1-5,8,11-12,14H,6-7,9-10,13H2,(H,22,26). The number of pyridine rings is 1. The molecule has 0 radical (unpaired) electrons. The quantitative estimate of drug-likeness (QED) is 0.741. The van der Waals surface area contributed by atoms with Gasteiger partial charge in [0.2, 0.25) is 12.7 Å². The fourth-order valence-electron chi connectivity index (χ4n) is 3.76. The van der Waals surface area contributed by atoms with Gasteiger partial charge < -0.3 is 24.1 Å². The van der Waals surface area contributed by atoms with Crippen molar-refractivity contribution in [2.75, 3.05) is 25.2 Å². The number of piperidine rings is 1. The first kappa shape index (κ1) is 17.5. The number of fused-ring (bicyclic) bond motifs is 2. The van der Waals surface area contributed by atoms with Crippen LogP contribution in [0.25, 0.3) is 5.65 Å². The number of nitrogens with zero attached hydrogens (tertiary/aromatic N) is 3. The lowest BCUT2D eigenvalue weighted by molar-refractivity contribution is -0.121. The summed E-state index contributed by atoms with van der Waals surface area (Å²) >= 11 is 0. The fraction of sp³-hybridized carbons (Fsp3) is 0.286. The molecule has 1 N–H and O–H groups in total. The van der Waals surface area contributed by atoms with Crippen LogP contribution in [-0.2, 0) is 4.79 Å². The minimum atomic E-state index is -0.134. The molecule has 8 nitrogen and oxygen atoms in total. The maximum atomic E-state index is 12.8. The van der Waals surface area contributed by atoms with E-state index < -0.39 is 0 Å². The third-order valence-corrected chi connectivity index (χ3v) is 5.38. The van der Waals surface area contributed by atoms with Crippen molar-refractivity contribution >= 4 is 23.1 Å². The van der Waals surface area contributed by atoms with Crippen LogP contribution in [0.5, 0.6) is 11.5 Å². The molecular weight excluding hydrogens is 372 g/mol. The van der Waals surface area contributed by atoms with E-state index in [1.807, 2.05) is 28.8 Å². The van der Waals surface area contributed by atoms with Crippen LogP contribution in [0.2, 0.25) is 0 Å². The molecule has 0 atom stereocenters. The second kappa shape index (κ2) is 7.12. The van der Waals surface area contributed by atoms with E-state index in [0.717, 1.165) is 5.65 Å². The molecule has 29 heavy (non-hydrogen) atoms. The number of benzene rings is 1. The number of nitrogens with one attached hydrogen (secondary N) is 1. The van der Waals surface area contributed by atoms with Gasteiger partial charge in [-0.05, 0) is 37.1 Å². The van der Waals surface area contributed by atoms with Crippen molar-refractivity contribution in [3.63, 3.8) is 0 Å². The number of anilines is 1. The summed E-state index contributed by atoms with van der Waals surface area (Å²) in [6.45, 7) is 1.27. The van der Waals surface area contributed by atoms with Crippen LogP contribution < -0.4 is 14.8 Å². The molecule has 2 aliphatic rings. The zero-order valence-corrected chi connectivity index (χ0v) is 15.7. The van der Waals surface area contributed by atoms with Crippen LogP contribution >= 0.6 is 0 Å². The molecule has 4 heterocycles. The molecule has 0 unspecified atom stereocenters. The van der Waals surface area contributed by atoms with Crippen LogP contribution in [0.3, 0.4) is 0 Å². The molecule has 148 valence electrons. The Labute approximate surface area is 167 Å². The van der Waals surface area contributed by atoms with E-state index in [-0.39, 0.29) is 24.5 Å². The molecule has 5 rings (SSSR count). The summed E-state index contributed by atoms with van der Waals surface area (Å²) < 4.78 is 12.5. The second-order valence-electron chi connectivity index (χ2n) is 7.22. The van der Waals surface area contributed by atoms with E-state index in [1.54, 1.807) is 29.3 Å². The summed E-state index contributed by atoms with van der Waals surface area (Å²) in [4.78, 5) is 31.6. The second-order valence-corrected chi connectivity index (χ2v) is 7.22. The maximum Gasteiger partial charge on any atom is 0.274 e. The van der Waals surface area contributed by atoms with E-state index >= 15 is 0 Å². The predicted molar refractivity (Wildman–Crippen MR) is 105 cm³/mol. The molecule has 2 aromatic heterocycles. The first-order chi connectivity index (χ1) is 14.2. The summed E-state index contributed by atoms with van der Waals surface area (Å²) in [5.74, 6) is 1.05. The number of rotatable bonds is 3. The van der Waals surface area contributed by atoms with Crippen LogP contribution in [0, 0.1) is 5.92 Å². The largest absolute Gasteiger partial charge is 0.454 e. The number of carbonyl (C=O) groups excluding carboxylic acids is 2. The lowest BCUT2D eigenvalue weighted by Gasteiger charge is -2.30. The summed E-state index contributed by atoms with van der Waals surface area (Å²) in [7, 11) is 0. The fourth-order valence-corrected chi connectivity index (χ4v) is 3.76. The molecule has 2 amide bonds. The van der Waals surface area contributed by atoms with Crippen molar-refractivity contribution in [3.8, 4) is 11.5 Å². The van der Waals surface area contributed by atoms with Gasteiger partial charge in [0, 0.05) is 43.2 Å². The van der Waals surface area contributed by atoms with Crippen molar-refractivity contribution < 1.29 is 19.1 Å². The molecule has 0 aliphatic carbocycles. The van der Waals surface area contributed by atoms with Crippen molar-refractivity contribution in [2.24, 2.45) is 5.92 Å². The maximum absolute atomic E-state index is 12.8. The van der Waals surface area contributed by atoms with Crippen molar-refractivity contribution in [1.82, 2.24) is 14.3 Å². The minimum Gasteiger partial charge on any atom is -0.454 e. The van der Waals surface area contributed by atoms with Gasteiger partial charge in [-0.1, -0.05) is 6.07 Å². The molecular formula is C21H20N4O4. The molecule has 1 saturated heterocycles. The summed E-state index contributed by atoms with van der Waals surface area (Å²) in [6, 6.07) is 11.0. The number of likely N-dealkylation sites (tertiary alicyclic amines) is 1. The van der Waals surface area contributed by atoms with Gasteiger partial charge in [0.15, 0.2) is 11.5 Å². The molecule has 3 aromatic rings. The Morgan fingerprint density at radius 2 is 1.90 bits per heavy atom. The number of amides is 2. The normalized spacial score (nSPS) is 16.2. The van der Waals surface area contributed by atoms with Gasteiger partial charge in [0.25, 0.3) is 5.91 Å². The van der Waals surface area contributed by atoms with E-state index in [0.29, 0.717) is 48.8 Å². The van der Waals surface area contributed by atoms with Crippen molar-refractivity contribution in [3.05, 3.63) is 54.5 Å². The van der Waals surface area contributed by atoms with E-state index in [1.165, 1.54) is 0 Å².